The average molecular weight is 370 g/mol. The monoisotopic (exact) mass is 369 g/mol. The number of nitrogens with zero attached hydrogens (tertiary/aromatic N) is 3. The molecule has 25 heavy (non-hydrogen) atoms. The summed E-state index contributed by atoms with van der Waals surface area (Å²) in [5, 5.41) is 19.7. The summed E-state index contributed by atoms with van der Waals surface area (Å²) in [4.78, 5) is 13.2. The first-order valence-electron chi connectivity index (χ1n) is 7.23. The van der Waals surface area contributed by atoms with Crippen LogP contribution in [0.4, 0.5) is 5.82 Å². The van der Waals surface area contributed by atoms with E-state index in [0.29, 0.717) is 11.4 Å². The van der Waals surface area contributed by atoms with E-state index in [1.165, 1.54) is 17.4 Å². The van der Waals surface area contributed by atoms with Crippen molar-refractivity contribution in [3.05, 3.63) is 63.6 Å². The van der Waals surface area contributed by atoms with Crippen LogP contribution in [0.15, 0.2) is 42.5 Å². The lowest BCUT2D eigenvalue weighted by Gasteiger charge is -2.09. The number of carbonyl (C=O) groups is 1. The highest BCUT2D eigenvalue weighted by atomic mass is 35.5. The van der Waals surface area contributed by atoms with Crippen LogP contribution >= 0.6 is 22.9 Å². The zero-order valence-electron chi connectivity index (χ0n) is 12.9. The third-order valence-electron chi connectivity index (χ3n) is 3.42. The molecule has 124 valence electrons. The number of thiophene rings is 1. The summed E-state index contributed by atoms with van der Waals surface area (Å²) < 4.78 is 0. The van der Waals surface area contributed by atoms with Crippen molar-refractivity contribution in [1.29, 1.82) is 5.26 Å². The van der Waals surface area contributed by atoms with Gasteiger partial charge < -0.3 is 11.1 Å². The van der Waals surface area contributed by atoms with E-state index in [1.807, 2.05) is 30.3 Å². The summed E-state index contributed by atoms with van der Waals surface area (Å²) in [6.07, 6.45) is 0. The molecular weight excluding hydrogens is 358 g/mol. The summed E-state index contributed by atoms with van der Waals surface area (Å²) >= 11 is 7.19. The van der Waals surface area contributed by atoms with Gasteiger partial charge in [0.15, 0.2) is 11.0 Å². The Morgan fingerprint density at radius 2 is 2.12 bits per heavy atom. The van der Waals surface area contributed by atoms with Crippen molar-refractivity contribution in [2.24, 2.45) is 5.73 Å². The number of anilines is 1. The molecule has 0 spiro atoms. The number of amides is 1. The maximum atomic E-state index is 11.5. The van der Waals surface area contributed by atoms with Crippen LogP contribution in [0.3, 0.4) is 0 Å². The molecule has 0 saturated heterocycles. The molecule has 0 radical (unpaired) electrons. The molecule has 8 heteroatoms. The van der Waals surface area contributed by atoms with Gasteiger partial charge in [-0.15, -0.1) is 21.5 Å². The Morgan fingerprint density at radius 3 is 2.84 bits per heavy atom. The van der Waals surface area contributed by atoms with Crippen molar-refractivity contribution in [3.63, 3.8) is 0 Å². The number of aromatic nitrogens is 2. The number of rotatable bonds is 5. The van der Waals surface area contributed by atoms with Gasteiger partial charge in [0.1, 0.15) is 10.9 Å². The number of hydrogen-bond donors (Lipinski definition) is 2. The maximum Gasteiger partial charge on any atom is 0.252 e. The summed E-state index contributed by atoms with van der Waals surface area (Å²) in [6, 6.07) is 15.1. The van der Waals surface area contributed by atoms with E-state index in [1.54, 1.807) is 6.07 Å². The van der Waals surface area contributed by atoms with Crippen LogP contribution in [0, 0.1) is 11.3 Å². The third-order valence-corrected chi connectivity index (χ3v) is 4.64. The predicted octanol–water partition coefficient (Wildman–Crippen LogP) is 3.44. The van der Waals surface area contributed by atoms with E-state index in [2.05, 4.69) is 21.6 Å². The summed E-state index contributed by atoms with van der Waals surface area (Å²) in [5.41, 5.74) is 7.53. The Labute approximate surface area is 152 Å². The lowest BCUT2D eigenvalue weighted by atomic mass is 10.1. The first-order chi connectivity index (χ1) is 12.1. The Kier molecular flexibility index (Phi) is 4.93. The molecule has 0 atom stereocenters. The van der Waals surface area contributed by atoms with Gasteiger partial charge in [0, 0.05) is 11.4 Å². The third kappa shape index (κ3) is 3.94. The van der Waals surface area contributed by atoms with E-state index in [9.17, 15) is 4.79 Å². The molecule has 6 nitrogen and oxygen atoms in total. The zero-order chi connectivity index (χ0) is 17.8. The minimum absolute atomic E-state index is 0.104. The van der Waals surface area contributed by atoms with Crippen LogP contribution in [0.25, 0.3) is 10.4 Å². The normalized spacial score (nSPS) is 10.2. The van der Waals surface area contributed by atoms with Crippen molar-refractivity contribution in [2.75, 3.05) is 5.32 Å². The number of hydrogen-bond acceptors (Lipinski definition) is 6. The Balaban J connectivity index is 1.80. The molecule has 3 aromatic rings. The minimum Gasteiger partial charge on any atom is -0.365 e. The highest BCUT2D eigenvalue weighted by Gasteiger charge is 2.12. The molecule has 0 unspecified atom stereocenters. The van der Waals surface area contributed by atoms with E-state index in [0.717, 1.165) is 16.0 Å². The van der Waals surface area contributed by atoms with Crippen molar-refractivity contribution in [3.8, 4) is 16.5 Å². The molecule has 0 aliphatic rings. The summed E-state index contributed by atoms with van der Waals surface area (Å²) in [5.74, 6) is -0.346. The summed E-state index contributed by atoms with van der Waals surface area (Å²) in [6.45, 7) is 0.431. The lowest BCUT2D eigenvalue weighted by Crippen LogP contribution is -2.16. The molecule has 2 heterocycles. The molecule has 2 aromatic heterocycles. The van der Waals surface area contributed by atoms with Gasteiger partial charge in [0.25, 0.3) is 5.91 Å². The quantitative estimate of drug-likeness (QED) is 0.716. The topological polar surface area (TPSA) is 105 Å². The van der Waals surface area contributed by atoms with Gasteiger partial charge in [-0.1, -0.05) is 29.8 Å². The fraction of sp³-hybridized carbons (Fsp3) is 0.0588. The van der Waals surface area contributed by atoms with Crippen LogP contribution in [-0.4, -0.2) is 16.1 Å². The van der Waals surface area contributed by atoms with Gasteiger partial charge in [-0.05, 0) is 35.4 Å². The van der Waals surface area contributed by atoms with Crippen LogP contribution in [0.1, 0.15) is 20.8 Å². The largest absolute Gasteiger partial charge is 0.365 e. The Morgan fingerprint density at radius 1 is 1.28 bits per heavy atom. The second-order valence-electron chi connectivity index (χ2n) is 5.12. The van der Waals surface area contributed by atoms with Gasteiger partial charge >= 0.3 is 0 Å². The smallest absolute Gasteiger partial charge is 0.252 e. The van der Waals surface area contributed by atoms with Gasteiger partial charge in [-0.2, -0.15) is 5.26 Å². The number of carbonyl (C=O) groups excluding carboxylic acids is 1. The second kappa shape index (κ2) is 7.30. The first-order valence-corrected chi connectivity index (χ1v) is 8.42. The van der Waals surface area contributed by atoms with E-state index >= 15 is 0 Å². The van der Waals surface area contributed by atoms with Crippen molar-refractivity contribution in [1.82, 2.24) is 10.2 Å². The van der Waals surface area contributed by atoms with Crippen molar-refractivity contribution in [2.45, 2.75) is 6.54 Å². The minimum atomic E-state index is -0.629. The number of halogens is 1. The Bertz CT molecular complexity index is 979. The first kappa shape index (κ1) is 16.9. The van der Waals surface area contributed by atoms with Crippen LogP contribution < -0.4 is 11.1 Å². The number of nitrogens with one attached hydrogen (secondary N) is 1. The van der Waals surface area contributed by atoms with Crippen LogP contribution in [0.5, 0.6) is 0 Å². The molecule has 3 N–H and O–H groups in total. The van der Waals surface area contributed by atoms with Crippen LogP contribution in [0.2, 0.25) is 5.15 Å². The Hall–Kier alpha value is -2.95. The molecule has 3 rings (SSSR count). The number of nitrogens with two attached hydrogens (primary N) is 1. The standard InChI is InChI=1S/C17H12ClN5OS/c18-15-7-13(16(20)24)17(23-22-15)21-9-10-2-1-3-11(6-10)14-5-4-12(8-19)25-14/h1-7H,9H2,(H2,20,24)(H,21,23). The second-order valence-corrected chi connectivity index (χ2v) is 6.59. The molecule has 1 amide bonds. The van der Waals surface area contributed by atoms with Gasteiger partial charge in [-0.25, -0.2) is 0 Å². The lowest BCUT2D eigenvalue weighted by molar-refractivity contribution is 0.100. The van der Waals surface area contributed by atoms with Gasteiger partial charge in [-0.3, -0.25) is 4.79 Å². The SMILES string of the molecule is N#Cc1ccc(-c2cccc(CNc3nnc(Cl)cc3C(N)=O)c2)s1. The van der Waals surface area contributed by atoms with Crippen LogP contribution in [-0.2, 0) is 6.54 Å². The zero-order valence-corrected chi connectivity index (χ0v) is 14.4. The van der Waals surface area contributed by atoms with Crippen molar-refractivity contribution < 1.29 is 4.79 Å². The highest BCUT2D eigenvalue weighted by molar-refractivity contribution is 7.16. The number of primary amides is 1. The van der Waals surface area contributed by atoms with Gasteiger partial charge in [0.05, 0.1) is 5.56 Å². The number of benzene rings is 1. The molecule has 0 fully saturated rings. The highest BCUT2D eigenvalue weighted by Crippen LogP contribution is 2.28. The fourth-order valence-electron chi connectivity index (χ4n) is 2.26. The molecule has 1 aromatic carbocycles. The summed E-state index contributed by atoms with van der Waals surface area (Å²) in [7, 11) is 0. The van der Waals surface area contributed by atoms with E-state index in [-0.39, 0.29) is 16.5 Å². The maximum absolute atomic E-state index is 11.5. The average Bonchev–Trinajstić information content (AvgIpc) is 3.10. The molecule has 0 aliphatic heterocycles. The van der Waals surface area contributed by atoms with E-state index in [4.69, 9.17) is 22.6 Å². The predicted molar refractivity (Wildman–Crippen MR) is 97.4 cm³/mol. The number of nitriles is 1. The fourth-order valence-corrected chi connectivity index (χ4v) is 3.21. The van der Waals surface area contributed by atoms with Gasteiger partial charge in [0.2, 0.25) is 0 Å². The van der Waals surface area contributed by atoms with Crippen molar-refractivity contribution >= 4 is 34.7 Å². The molecule has 0 saturated carbocycles. The molecule has 0 aliphatic carbocycles. The molecule has 0 bridgehead atoms. The van der Waals surface area contributed by atoms with E-state index < -0.39 is 5.91 Å². The molecular formula is C17H12ClN5OS.